The molecule has 0 bridgehead atoms. The summed E-state index contributed by atoms with van der Waals surface area (Å²) in [5.74, 6) is 1.30. The molecule has 0 aliphatic carbocycles. The number of rotatable bonds is 8. The zero-order valence-corrected chi connectivity index (χ0v) is 16.4. The quantitative estimate of drug-likeness (QED) is 0.575. The van der Waals surface area contributed by atoms with Crippen molar-refractivity contribution in [2.45, 2.75) is 39.7 Å². The van der Waals surface area contributed by atoms with Gasteiger partial charge in [0, 0.05) is 17.3 Å². The molecule has 0 spiro atoms. The van der Waals surface area contributed by atoms with Crippen LogP contribution in [-0.2, 0) is 0 Å². The van der Waals surface area contributed by atoms with Gasteiger partial charge in [0.15, 0.2) is 0 Å². The first-order valence-electron chi connectivity index (χ1n) is 8.50. The van der Waals surface area contributed by atoms with Crippen LogP contribution in [0, 0.1) is 0 Å². The fraction of sp³-hybridized carbons (Fsp3) is 0.350. The van der Waals surface area contributed by atoms with Gasteiger partial charge in [-0.2, -0.15) is 0 Å². The summed E-state index contributed by atoms with van der Waals surface area (Å²) in [5, 5.41) is 2.90. The molecule has 0 aromatic heterocycles. The minimum atomic E-state index is -0.178. The molecule has 0 radical (unpaired) electrons. The van der Waals surface area contributed by atoms with Crippen LogP contribution in [0.25, 0.3) is 0 Å². The molecule has 0 atom stereocenters. The lowest BCUT2D eigenvalue weighted by Gasteiger charge is -2.13. The first-order chi connectivity index (χ1) is 12.0. The summed E-state index contributed by atoms with van der Waals surface area (Å²) in [5.41, 5.74) is 1.26. The predicted octanol–water partition coefficient (Wildman–Crippen LogP) is 5.67. The number of hydrogen-bond acceptors (Lipinski definition) is 3. The van der Waals surface area contributed by atoms with Gasteiger partial charge >= 0.3 is 0 Å². The Kier molecular flexibility index (Phi) is 7.31. The van der Waals surface area contributed by atoms with Crippen LogP contribution >= 0.6 is 15.9 Å². The molecule has 2 aromatic carbocycles. The van der Waals surface area contributed by atoms with E-state index in [1.165, 1.54) is 0 Å². The molecule has 0 saturated carbocycles. The maximum atomic E-state index is 12.5. The van der Waals surface area contributed by atoms with Crippen LogP contribution < -0.4 is 14.8 Å². The molecule has 1 amide bonds. The summed E-state index contributed by atoms with van der Waals surface area (Å²) in [4.78, 5) is 12.5. The number of amides is 1. The minimum absolute atomic E-state index is 0.0754. The van der Waals surface area contributed by atoms with Gasteiger partial charge in [0.2, 0.25) is 0 Å². The topological polar surface area (TPSA) is 47.6 Å². The summed E-state index contributed by atoms with van der Waals surface area (Å²) < 4.78 is 12.1. The highest BCUT2D eigenvalue weighted by atomic mass is 79.9. The smallest absolute Gasteiger partial charge is 0.255 e. The van der Waals surface area contributed by atoms with Crippen LogP contribution in [0.1, 0.15) is 44.0 Å². The molecule has 4 nitrogen and oxygen atoms in total. The fourth-order valence-electron chi connectivity index (χ4n) is 2.19. The van der Waals surface area contributed by atoms with Crippen molar-refractivity contribution in [3.05, 3.63) is 52.5 Å². The van der Waals surface area contributed by atoms with Gasteiger partial charge in [-0.15, -0.1) is 0 Å². The van der Waals surface area contributed by atoms with E-state index in [1.807, 2.05) is 38.1 Å². The number of anilines is 1. The molecule has 134 valence electrons. The highest BCUT2D eigenvalue weighted by Gasteiger charge is 2.11. The van der Waals surface area contributed by atoms with E-state index in [2.05, 4.69) is 28.2 Å². The third-order valence-electron chi connectivity index (χ3n) is 3.42. The molecule has 0 unspecified atom stereocenters. The Morgan fingerprint density at radius 3 is 2.68 bits per heavy atom. The largest absolute Gasteiger partial charge is 0.494 e. The number of carbonyl (C=O) groups excluding carboxylic acids is 1. The molecule has 25 heavy (non-hydrogen) atoms. The molecule has 2 aromatic rings. The third kappa shape index (κ3) is 6.09. The van der Waals surface area contributed by atoms with Gasteiger partial charge in [-0.3, -0.25) is 4.79 Å². The lowest BCUT2D eigenvalue weighted by Crippen LogP contribution is -2.12. The van der Waals surface area contributed by atoms with Crippen LogP contribution in [0.3, 0.4) is 0 Å². The van der Waals surface area contributed by atoms with Crippen LogP contribution in [0.4, 0.5) is 5.69 Å². The highest BCUT2D eigenvalue weighted by Crippen LogP contribution is 2.27. The molecule has 0 aliphatic rings. The normalized spacial score (nSPS) is 10.6. The first-order valence-corrected chi connectivity index (χ1v) is 9.29. The number of halogens is 1. The molecule has 1 N–H and O–H groups in total. The van der Waals surface area contributed by atoms with Crippen molar-refractivity contribution in [1.82, 2.24) is 0 Å². The average molecular weight is 406 g/mol. The van der Waals surface area contributed by atoms with Crippen LogP contribution in [-0.4, -0.2) is 18.6 Å². The van der Waals surface area contributed by atoms with Crippen LogP contribution in [0.15, 0.2) is 46.9 Å². The molecule has 2 rings (SSSR count). The van der Waals surface area contributed by atoms with E-state index >= 15 is 0 Å². The summed E-state index contributed by atoms with van der Waals surface area (Å²) in [6, 6.07) is 12.7. The zero-order valence-electron chi connectivity index (χ0n) is 14.8. The second-order valence-electron chi connectivity index (χ2n) is 6.00. The average Bonchev–Trinajstić information content (AvgIpc) is 2.57. The Labute approximate surface area is 157 Å². The third-order valence-corrected chi connectivity index (χ3v) is 4.03. The van der Waals surface area contributed by atoms with Crippen LogP contribution in [0.5, 0.6) is 11.5 Å². The fourth-order valence-corrected chi connectivity index (χ4v) is 2.67. The monoisotopic (exact) mass is 405 g/mol. The number of nitrogens with one attached hydrogen (secondary N) is 1. The molecule has 0 heterocycles. The van der Waals surface area contributed by atoms with Crippen molar-refractivity contribution in [1.29, 1.82) is 0 Å². The molecular formula is C20H24BrNO3. The maximum absolute atomic E-state index is 12.5. The number of unbranched alkanes of at least 4 members (excludes halogenated alkanes) is 1. The van der Waals surface area contributed by atoms with Gasteiger partial charge in [-0.05, 0) is 66.5 Å². The van der Waals surface area contributed by atoms with E-state index in [4.69, 9.17) is 9.47 Å². The summed E-state index contributed by atoms with van der Waals surface area (Å²) in [6.45, 7) is 6.72. The summed E-state index contributed by atoms with van der Waals surface area (Å²) in [6.07, 6.45) is 2.17. The van der Waals surface area contributed by atoms with Crippen molar-refractivity contribution in [3.8, 4) is 11.5 Å². The molecule has 5 heteroatoms. The van der Waals surface area contributed by atoms with Crippen molar-refractivity contribution in [3.63, 3.8) is 0 Å². The van der Waals surface area contributed by atoms with E-state index < -0.39 is 0 Å². The number of hydrogen-bond donors (Lipinski definition) is 1. The van der Waals surface area contributed by atoms with Gasteiger partial charge in [0.25, 0.3) is 5.91 Å². The van der Waals surface area contributed by atoms with E-state index in [0.717, 1.165) is 28.8 Å². The van der Waals surface area contributed by atoms with E-state index in [1.54, 1.807) is 18.2 Å². The van der Waals surface area contributed by atoms with Gasteiger partial charge in [-0.1, -0.05) is 19.4 Å². The summed E-state index contributed by atoms with van der Waals surface area (Å²) >= 11 is 3.45. The Hall–Kier alpha value is -2.01. The number of benzene rings is 2. The van der Waals surface area contributed by atoms with Crippen molar-refractivity contribution < 1.29 is 14.3 Å². The molecular weight excluding hydrogens is 382 g/mol. The molecule has 0 aliphatic heterocycles. The second-order valence-corrected chi connectivity index (χ2v) is 6.85. The van der Waals surface area contributed by atoms with Crippen molar-refractivity contribution >= 4 is 27.5 Å². The molecule has 0 saturated heterocycles. The van der Waals surface area contributed by atoms with Crippen LogP contribution in [0.2, 0.25) is 0 Å². The standard InChI is InChI=1S/C20H24BrNO3/c1-4-5-11-24-17-8-6-7-16(13-17)22-20(23)15-9-10-19(18(21)12-15)25-14(2)3/h6-10,12-14H,4-5,11H2,1-3H3,(H,22,23). The van der Waals surface area contributed by atoms with Gasteiger partial charge in [0.05, 0.1) is 17.2 Å². The SMILES string of the molecule is CCCCOc1cccc(NC(=O)c2ccc(OC(C)C)c(Br)c2)c1. The Morgan fingerprint density at radius 1 is 1.20 bits per heavy atom. The van der Waals surface area contributed by atoms with Gasteiger partial charge in [0.1, 0.15) is 11.5 Å². The highest BCUT2D eigenvalue weighted by molar-refractivity contribution is 9.10. The van der Waals surface area contributed by atoms with E-state index in [0.29, 0.717) is 17.9 Å². The van der Waals surface area contributed by atoms with Gasteiger partial charge < -0.3 is 14.8 Å². The maximum Gasteiger partial charge on any atom is 0.255 e. The van der Waals surface area contributed by atoms with E-state index in [-0.39, 0.29) is 12.0 Å². The summed E-state index contributed by atoms with van der Waals surface area (Å²) in [7, 11) is 0. The zero-order chi connectivity index (χ0) is 18.2. The minimum Gasteiger partial charge on any atom is -0.494 e. The Bertz CT molecular complexity index is 716. The predicted molar refractivity (Wildman–Crippen MR) is 105 cm³/mol. The first kappa shape index (κ1) is 19.3. The lowest BCUT2D eigenvalue weighted by atomic mass is 10.2. The molecule has 0 fully saturated rings. The van der Waals surface area contributed by atoms with Crippen molar-refractivity contribution in [2.24, 2.45) is 0 Å². The van der Waals surface area contributed by atoms with Gasteiger partial charge in [-0.25, -0.2) is 0 Å². The second kappa shape index (κ2) is 9.47. The number of carbonyl (C=O) groups is 1. The number of ether oxygens (including phenoxy) is 2. The van der Waals surface area contributed by atoms with E-state index in [9.17, 15) is 4.79 Å². The Morgan fingerprint density at radius 2 is 2.00 bits per heavy atom. The lowest BCUT2D eigenvalue weighted by molar-refractivity contribution is 0.102. The van der Waals surface area contributed by atoms with Crippen molar-refractivity contribution in [2.75, 3.05) is 11.9 Å². The Balaban J connectivity index is 2.04.